The van der Waals surface area contributed by atoms with Gasteiger partial charge in [-0.2, -0.15) is 0 Å². The molecule has 0 unspecified atom stereocenters. The molecular weight excluding hydrogens is 647 g/mol. The number of imidazole rings is 2. The summed E-state index contributed by atoms with van der Waals surface area (Å²) in [7, 11) is 0. The van der Waals surface area contributed by atoms with Crippen molar-refractivity contribution in [1.82, 2.24) is 49.0 Å². The van der Waals surface area contributed by atoms with E-state index >= 15 is 0 Å². The molecule has 11 heteroatoms. The molecule has 0 atom stereocenters. The molecule has 37 heavy (non-hydrogen) atoms. The van der Waals surface area contributed by atoms with E-state index in [0.717, 1.165) is 22.5 Å². The molecule has 0 radical (unpaired) electrons. The fraction of sp³-hybridized carbons (Fsp3) is 0. The van der Waals surface area contributed by atoms with Crippen molar-refractivity contribution in [2.24, 2.45) is 0 Å². The Labute approximate surface area is 224 Å². The van der Waals surface area contributed by atoms with Gasteiger partial charge in [0.15, 0.2) is 0 Å². The molecule has 0 bridgehead atoms. The first-order valence-electron chi connectivity index (χ1n) is 11.0. The molecule has 0 spiro atoms. The second-order valence-corrected chi connectivity index (χ2v) is 7.81. The first-order chi connectivity index (χ1) is 17.8. The standard InChI is InChI=1S/C26H14N10.Pt/c1-2-6-18(20-8-4-10-22(34-20)36-16-32-24-26(36)30-14-12-28-24)17(5-1)19-7-3-9-21(33-19)35-15-31-23-25(35)29-13-11-27-23;/h1-14H;/q-2;+2. The summed E-state index contributed by atoms with van der Waals surface area (Å²) >= 11 is 0. The molecule has 178 valence electrons. The van der Waals surface area contributed by atoms with Crippen LogP contribution in [0.4, 0.5) is 0 Å². The summed E-state index contributed by atoms with van der Waals surface area (Å²) in [4.78, 5) is 35.4. The van der Waals surface area contributed by atoms with Crippen molar-refractivity contribution in [2.45, 2.75) is 0 Å². The number of nitrogens with zero attached hydrogens (tertiary/aromatic N) is 10. The van der Waals surface area contributed by atoms with E-state index in [-0.39, 0.29) is 21.1 Å². The number of hydrogen-bond acceptors (Lipinski definition) is 8. The molecule has 0 saturated carbocycles. The second kappa shape index (κ2) is 9.40. The molecule has 0 aliphatic carbocycles. The van der Waals surface area contributed by atoms with E-state index in [1.807, 2.05) is 60.7 Å². The Hall–Kier alpha value is -4.69. The zero-order chi connectivity index (χ0) is 23.9. The number of hydrogen-bond donors (Lipinski definition) is 0. The van der Waals surface area contributed by atoms with Crippen LogP contribution in [0.1, 0.15) is 0 Å². The zero-order valence-electron chi connectivity index (χ0n) is 18.9. The first-order valence-corrected chi connectivity index (χ1v) is 11.0. The van der Waals surface area contributed by atoms with E-state index in [1.54, 1.807) is 33.9 Å². The van der Waals surface area contributed by atoms with Crippen molar-refractivity contribution >= 4 is 22.6 Å². The van der Waals surface area contributed by atoms with Gasteiger partial charge >= 0.3 is 21.1 Å². The van der Waals surface area contributed by atoms with Crippen LogP contribution in [0.3, 0.4) is 0 Å². The van der Waals surface area contributed by atoms with E-state index in [1.165, 1.54) is 0 Å². The Morgan fingerprint density at radius 1 is 0.514 bits per heavy atom. The fourth-order valence-corrected chi connectivity index (χ4v) is 4.05. The van der Waals surface area contributed by atoms with E-state index < -0.39 is 0 Å². The van der Waals surface area contributed by atoms with E-state index in [2.05, 4.69) is 42.6 Å². The molecule has 0 N–H and O–H groups in total. The molecule has 6 heterocycles. The third-order valence-corrected chi connectivity index (χ3v) is 5.66. The Bertz CT molecular complexity index is 1740. The van der Waals surface area contributed by atoms with Gasteiger partial charge in [0.1, 0.15) is 0 Å². The second-order valence-electron chi connectivity index (χ2n) is 7.81. The Kier molecular flexibility index (Phi) is 5.78. The average molecular weight is 662 g/mol. The van der Waals surface area contributed by atoms with Crippen LogP contribution in [0.25, 0.3) is 56.7 Å². The molecule has 0 amide bonds. The van der Waals surface area contributed by atoms with Gasteiger partial charge in [0.2, 0.25) is 0 Å². The topological polar surface area (TPSA) is 113 Å². The molecule has 10 nitrogen and oxygen atoms in total. The van der Waals surface area contributed by atoms with Crippen LogP contribution in [-0.4, -0.2) is 49.0 Å². The van der Waals surface area contributed by atoms with Crippen molar-refractivity contribution < 1.29 is 21.1 Å². The molecule has 0 fully saturated rings. The number of rotatable bonds is 4. The van der Waals surface area contributed by atoms with Crippen LogP contribution < -0.4 is 0 Å². The van der Waals surface area contributed by atoms with Crippen molar-refractivity contribution in [3.63, 3.8) is 0 Å². The normalized spacial score (nSPS) is 11.0. The third kappa shape index (κ3) is 3.97. The summed E-state index contributed by atoms with van der Waals surface area (Å²) in [5.74, 6) is 1.29. The average Bonchev–Trinajstić information content (AvgIpc) is 3.58. The van der Waals surface area contributed by atoms with Gasteiger partial charge in [0, 0.05) is 48.6 Å². The monoisotopic (exact) mass is 661 g/mol. The molecule has 6 aromatic heterocycles. The maximum atomic E-state index is 4.89. The van der Waals surface area contributed by atoms with Crippen molar-refractivity contribution in [1.29, 1.82) is 0 Å². The predicted molar refractivity (Wildman–Crippen MR) is 131 cm³/mol. The largest absolute Gasteiger partial charge is 2.00 e. The van der Waals surface area contributed by atoms with Gasteiger partial charge < -0.3 is 19.1 Å². The molecular formula is C26H14N10Pt. The van der Waals surface area contributed by atoms with Gasteiger partial charge in [-0.1, -0.05) is 48.5 Å². The summed E-state index contributed by atoms with van der Waals surface area (Å²) in [6.07, 6.45) is 12.3. The molecule has 0 saturated heterocycles. The van der Waals surface area contributed by atoms with Crippen LogP contribution in [0.5, 0.6) is 0 Å². The van der Waals surface area contributed by atoms with Gasteiger partial charge in [-0.05, 0) is 12.1 Å². The van der Waals surface area contributed by atoms with Crippen LogP contribution >= 0.6 is 0 Å². The smallest absolute Gasteiger partial charge is 0.395 e. The maximum Gasteiger partial charge on any atom is 2.00 e. The van der Waals surface area contributed by atoms with Gasteiger partial charge in [-0.25, -0.2) is 0 Å². The zero-order valence-corrected chi connectivity index (χ0v) is 21.1. The summed E-state index contributed by atoms with van der Waals surface area (Å²) in [5, 5.41) is 0. The first kappa shape index (κ1) is 22.8. The van der Waals surface area contributed by atoms with Crippen LogP contribution in [0.15, 0.2) is 85.5 Å². The Morgan fingerprint density at radius 2 is 0.973 bits per heavy atom. The van der Waals surface area contributed by atoms with E-state index in [9.17, 15) is 0 Å². The van der Waals surface area contributed by atoms with Gasteiger partial charge in [0.25, 0.3) is 0 Å². The van der Waals surface area contributed by atoms with E-state index in [0.29, 0.717) is 34.2 Å². The summed E-state index contributed by atoms with van der Waals surface area (Å²) in [6.45, 7) is 0. The quantitative estimate of drug-likeness (QED) is 0.263. The maximum absolute atomic E-state index is 4.89. The minimum absolute atomic E-state index is 0. The molecule has 7 aromatic rings. The van der Waals surface area contributed by atoms with E-state index in [4.69, 9.17) is 9.97 Å². The van der Waals surface area contributed by atoms with Gasteiger partial charge in [0.05, 0.1) is 45.6 Å². The van der Waals surface area contributed by atoms with Crippen LogP contribution in [0, 0.1) is 12.7 Å². The SMILES string of the molecule is [Pt+2].[c-]1nc2nccnc2n1-c1cccc(-c2ccccc2-c2cccc(-n3[c-]nc4nccnc43)n2)n1. The number of aromatic nitrogens is 10. The van der Waals surface area contributed by atoms with Crippen molar-refractivity contribution in [3.8, 4) is 34.2 Å². The third-order valence-electron chi connectivity index (χ3n) is 5.66. The summed E-state index contributed by atoms with van der Waals surface area (Å²) in [6, 6.07) is 19.6. The summed E-state index contributed by atoms with van der Waals surface area (Å²) < 4.78 is 3.41. The molecule has 1 aromatic carbocycles. The molecule has 7 rings (SSSR count). The Morgan fingerprint density at radius 3 is 1.46 bits per heavy atom. The summed E-state index contributed by atoms with van der Waals surface area (Å²) in [5.41, 5.74) is 5.63. The van der Waals surface area contributed by atoms with Crippen molar-refractivity contribution in [2.75, 3.05) is 0 Å². The number of pyridine rings is 2. The van der Waals surface area contributed by atoms with Gasteiger partial charge in [-0.3, -0.25) is 29.9 Å². The van der Waals surface area contributed by atoms with Crippen LogP contribution in [0.2, 0.25) is 0 Å². The predicted octanol–water partition coefficient (Wildman–Crippen LogP) is 3.67. The molecule has 0 aliphatic heterocycles. The Balaban J connectivity index is 0.00000252. The number of fused-ring (bicyclic) bond motifs is 2. The van der Waals surface area contributed by atoms with Crippen LogP contribution in [-0.2, 0) is 21.1 Å². The minimum atomic E-state index is 0. The van der Waals surface area contributed by atoms with Gasteiger partial charge in [-0.15, -0.1) is 0 Å². The number of benzene rings is 1. The fourth-order valence-electron chi connectivity index (χ4n) is 4.05. The minimum Gasteiger partial charge on any atom is -0.395 e. The van der Waals surface area contributed by atoms with Crippen molar-refractivity contribution in [3.05, 3.63) is 98.1 Å². The molecule has 0 aliphatic rings.